The molecule has 0 spiro atoms. The summed E-state index contributed by atoms with van der Waals surface area (Å²) in [6, 6.07) is 16.0. The molecular formula is C25H25N3O4S2. The van der Waals surface area contributed by atoms with Gasteiger partial charge < -0.3 is 13.9 Å². The maximum atomic E-state index is 11.3. The molecule has 2 aromatic heterocycles. The number of rotatable bonds is 10. The fraction of sp³-hybridized carbons (Fsp3) is 0.280. The van der Waals surface area contributed by atoms with Crippen molar-refractivity contribution in [2.45, 2.75) is 26.0 Å². The van der Waals surface area contributed by atoms with E-state index < -0.39 is 0 Å². The van der Waals surface area contributed by atoms with Gasteiger partial charge in [0, 0.05) is 17.7 Å². The number of hydrogen-bond acceptors (Lipinski definition) is 9. The molecule has 0 saturated heterocycles. The molecule has 0 bridgehead atoms. The predicted octanol–water partition coefficient (Wildman–Crippen LogP) is 5.50. The third kappa shape index (κ3) is 6.03. The number of nitrogens with zero attached hydrogens (tertiary/aromatic N) is 3. The van der Waals surface area contributed by atoms with E-state index in [0.29, 0.717) is 24.7 Å². The van der Waals surface area contributed by atoms with Gasteiger partial charge >= 0.3 is 5.97 Å². The maximum Gasteiger partial charge on any atom is 0.315 e. The molecule has 4 rings (SSSR count). The SMILES string of the molecule is COC(=O)CSCc1cccc(OCCc2nc(-c3ccc(-c4snnc4C)cc3)oc2C)c1. The smallest absolute Gasteiger partial charge is 0.315 e. The van der Waals surface area contributed by atoms with Crippen LogP contribution in [0.5, 0.6) is 5.75 Å². The third-order valence-corrected chi connectivity index (χ3v) is 7.01. The Bertz CT molecular complexity index is 1250. The highest BCUT2D eigenvalue weighted by Crippen LogP contribution is 2.29. The molecule has 0 saturated carbocycles. The van der Waals surface area contributed by atoms with Crippen LogP contribution in [0, 0.1) is 13.8 Å². The normalized spacial score (nSPS) is 10.9. The van der Waals surface area contributed by atoms with Crippen LogP contribution in [0.1, 0.15) is 22.7 Å². The van der Waals surface area contributed by atoms with Crippen LogP contribution in [0.3, 0.4) is 0 Å². The predicted molar refractivity (Wildman–Crippen MR) is 134 cm³/mol. The molecular weight excluding hydrogens is 470 g/mol. The topological polar surface area (TPSA) is 87.3 Å². The Hall–Kier alpha value is -3.17. The number of aromatic nitrogens is 3. The number of benzene rings is 2. The molecule has 0 aliphatic carbocycles. The van der Waals surface area contributed by atoms with Gasteiger partial charge in [-0.2, -0.15) is 0 Å². The lowest BCUT2D eigenvalue weighted by atomic mass is 10.1. The van der Waals surface area contributed by atoms with E-state index in [1.54, 1.807) is 0 Å². The van der Waals surface area contributed by atoms with Crippen LogP contribution in [0.2, 0.25) is 0 Å². The van der Waals surface area contributed by atoms with Crippen molar-refractivity contribution in [3.05, 3.63) is 71.2 Å². The molecule has 0 amide bonds. The van der Waals surface area contributed by atoms with Crippen molar-refractivity contribution >= 4 is 29.3 Å². The maximum absolute atomic E-state index is 11.3. The molecule has 7 nitrogen and oxygen atoms in total. The molecule has 0 aliphatic heterocycles. The number of esters is 1. The summed E-state index contributed by atoms with van der Waals surface area (Å²) >= 11 is 2.90. The van der Waals surface area contributed by atoms with Crippen molar-refractivity contribution in [3.8, 4) is 27.6 Å². The van der Waals surface area contributed by atoms with Crippen molar-refractivity contribution in [3.63, 3.8) is 0 Å². The summed E-state index contributed by atoms with van der Waals surface area (Å²) in [5.74, 6) is 3.01. The molecule has 0 fully saturated rings. The molecule has 34 heavy (non-hydrogen) atoms. The molecule has 0 aliphatic rings. The Labute approximate surface area is 206 Å². The lowest BCUT2D eigenvalue weighted by Gasteiger charge is -2.07. The molecule has 0 N–H and O–H groups in total. The summed E-state index contributed by atoms with van der Waals surface area (Å²) in [5, 5.41) is 4.07. The minimum absolute atomic E-state index is 0.220. The largest absolute Gasteiger partial charge is 0.493 e. The summed E-state index contributed by atoms with van der Waals surface area (Å²) in [5.41, 5.74) is 4.91. The average Bonchev–Trinajstić information content (AvgIpc) is 3.44. The van der Waals surface area contributed by atoms with Gasteiger partial charge in [0.05, 0.1) is 35.7 Å². The van der Waals surface area contributed by atoms with E-state index in [-0.39, 0.29) is 5.97 Å². The van der Waals surface area contributed by atoms with E-state index in [1.165, 1.54) is 30.4 Å². The number of carbonyl (C=O) groups excluding carboxylic acids is 1. The second-order valence-electron chi connectivity index (χ2n) is 7.60. The lowest BCUT2D eigenvalue weighted by molar-refractivity contribution is -0.137. The van der Waals surface area contributed by atoms with Crippen LogP contribution in [0.25, 0.3) is 21.9 Å². The number of carbonyl (C=O) groups is 1. The van der Waals surface area contributed by atoms with Gasteiger partial charge in [-0.25, -0.2) is 4.98 Å². The van der Waals surface area contributed by atoms with Crippen LogP contribution < -0.4 is 4.74 Å². The average molecular weight is 496 g/mol. The van der Waals surface area contributed by atoms with Crippen molar-refractivity contribution in [1.82, 2.24) is 14.6 Å². The first-order valence-corrected chi connectivity index (χ1v) is 12.7. The molecule has 0 unspecified atom stereocenters. The van der Waals surface area contributed by atoms with Gasteiger partial charge in [-0.05, 0) is 60.8 Å². The van der Waals surface area contributed by atoms with Crippen molar-refractivity contribution in [2.75, 3.05) is 19.5 Å². The third-order valence-electron chi connectivity index (χ3n) is 5.16. The number of thioether (sulfide) groups is 1. The van der Waals surface area contributed by atoms with E-state index in [2.05, 4.69) is 19.3 Å². The number of methoxy groups -OCH3 is 1. The van der Waals surface area contributed by atoms with Crippen LogP contribution in [0.4, 0.5) is 0 Å². The Morgan fingerprint density at radius 1 is 1.12 bits per heavy atom. The summed E-state index contributed by atoms with van der Waals surface area (Å²) in [6.45, 7) is 4.37. The van der Waals surface area contributed by atoms with Gasteiger partial charge in [0.25, 0.3) is 0 Å². The standard InChI is InChI=1S/C25H25N3O4S2/c1-16-24(34-28-27-16)19-7-9-20(10-8-19)25-26-22(17(2)32-25)11-12-31-21-6-4-5-18(13-21)14-33-15-23(29)30-3/h4-10,13H,11-12,14-15H2,1-3H3. The Balaban J connectivity index is 1.33. The second-order valence-corrected chi connectivity index (χ2v) is 9.34. The highest BCUT2D eigenvalue weighted by Gasteiger charge is 2.13. The fourth-order valence-corrected chi connectivity index (χ4v) is 4.81. The quantitative estimate of drug-likeness (QED) is 0.266. The molecule has 0 atom stereocenters. The molecule has 0 radical (unpaired) electrons. The zero-order valence-electron chi connectivity index (χ0n) is 19.2. The minimum Gasteiger partial charge on any atom is -0.493 e. The first-order chi connectivity index (χ1) is 16.5. The number of ether oxygens (including phenoxy) is 2. The highest BCUT2D eigenvalue weighted by molar-refractivity contribution is 7.99. The van der Waals surface area contributed by atoms with Crippen LogP contribution >= 0.6 is 23.3 Å². The van der Waals surface area contributed by atoms with Gasteiger partial charge in [-0.3, -0.25) is 4.79 Å². The zero-order chi connectivity index (χ0) is 23.9. The highest BCUT2D eigenvalue weighted by atomic mass is 32.2. The van der Waals surface area contributed by atoms with Gasteiger partial charge in [-0.1, -0.05) is 28.8 Å². The number of hydrogen-bond donors (Lipinski definition) is 0. The molecule has 4 aromatic rings. The van der Waals surface area contributed by atoms with Crippen LogP contribution in [-0.4, -0.2) is 40.0 Å². The summed E-state index contributed by atoms with van der Waals surface area (Å²) in [7, 11) is 1.40. The van der Waals surface area contributed by atoms with Gasteiger partial charge in [0.2, 0.25) is 5.89 Å². The van der Waals surface area contributed by atoms with E-state index in [0.717, 1.165) is 50.2 Å². The summed E-state index contributed by atoms with van der Waals surface area (Å²) < 4.78 is 20.5. The zero-order valence-corrected chi connectivity index (χ0v) is 20.9. The number of aryl methyl sites for hydroxylation is 2. The Kier molecular flexibility index (Phi) is 7.97. The monoisotopic (exact) mass is 495 g/mol. The van der Waals surface area contributed by atoms with Crippen molar-refractivity contribution in [2.24, 2.45) is 0 Å². The number of oxazole rings is 1. The van der Waals surface area contributed by atoms with Gasteiger partial charge in [0.15, 0.2) is 0 Å². The Morgan fingerprint density at radius 3 is 2.65 bits per heavy atom. The molecule has 176 valence electrons. The fourth-order valence-electron chi connectivity index (χ4n) is 3.34. The van der Waals surface area contributed by atoms with E-state index in [1.807, 2.05) is 62.4 Å². The van der Waals surface area contributed by atoms with Gasteiger partial charge in [-0.15, -0.1) is 16.9 Å². The van der Waals surface area contributed by atoms with Crippen LogP contribution in [-0.2, 0) is 21.7 Å². The van der Waals surface area contributed by atoms with Crippen LogP contribution in [0.15, 0.2) is 52.9 Å². The molecule has 2 heterocycles. The second kappa shape index (κ2) is 11.3. The van der Waals surface area contributed by atoms with E-state index in [9.17, 15) is 4.79 Å². The first kappa shape index (κ1) is 24.0. The Morgan fingerprint density at radius 2 is 1.91 bits per heavy atom. The minimum atomic E-state index is -0.220. The van der Waals surface area contributed by atoms with E-state index in [4.69, 9.17) is 9.15 Å². The summed E-state index contributed by atoms with van der Waals surface area (Å²) in [6.07, 6.45) is 0.639. The molecule has 2 aromatic carbocycles. The molecule has 9 heteroatoms. The lowest BCUT2D eigenvalue weighted by Crippen LogP contribution is -2.04. The van der Waals surface area contributed by atoms with Crippen molar-refractivity contribution < 1.29 is 18.7 Å². The van der Waals surface area contributed by atoms with E-state index >= 15 is 0 Å². The summed E-state index contributed by atoms with van der Waals surface area (Å²) in [4.78, 5) is 17.0. The first-order valence-electron chi connectivity index (χ1n) is 10.8. The van der Waals surface area contributed by atoms with Crippen molar-refractivity contribution in [1.29, 1.82) is 0 Å². The van der Waals surface area contributed by atoms with Gasteiger partial charge in [0.1, 0.15) is 11.5 Å².